The quantitative estimate of drug-likeness (QED) is 0.588. The van der Waals surface area contributed by atoms with Crippen LogP contribution in [0.25, 0.3) is 22.8 Å². The minimum Gasteiger partial charge on any atom is -0.358 e. The van der Waals surface area contributed by atoms with Gasteiger partial charge in [0.2, 0.25) is 0 Å². The Balaban J connectivity index is 2.15. The van der Waals surface area contributed by atoms with E-state index in [-0.39, 0.29) is 0 Å². The van der Waals surface area contributed by atoms with Crippen LogP contribution in [0, 0.1) is 0 Å². The summed E-state index contributed by atoms with van der Waals surface area (Å²) >= 11 is 0. The summed E-state index contributed by atoms with van der Waals surface area (Å²) in [5, 5.41) is 6.86. The largest absolute Gasteiger partial charge is 0.358 e. The molecule has 0 saturated heterocycles. The molecule has 0 spiro atoms. The van der Waals surface area contributed by atoms with E-state index in [0.29, 0.717) is 0 Å². The Morgan fingerprint density at radius 1 is 1.00 bits per heavy atom. The average Bonchev–Trinajstić information content (AvgIpc) is 3.01. The lowest BCUT2D eigenvalue weighted by atomic mass is 10.2. The minimum absolute atomic E-state index is 0.824. The van der Waals surface area contributed by atoms with Crippen molar-refractivity contribution in [3.05, 3.63) is 36.9 Å². The summed E-state index contributed by atoms with van der Waals surface area (Å²) < 4.78 is 0. The summed E-state index contributed by atoms with van der Waals surface area (Å²) in [6, 6.07) is 3.92. The molecule has 5 heteroatoms. The van der Waals surface area contributed by atoms with Crippen molar-refractivity contribution >= 4 is 0 Å². The third-order valence-electron chi connectivity index (χ3n) is 2.27. The van der Waals surface area contributed by atoms with Gasteiger partial charge in [-0.1, -0.05) is 0 Å². The lowest BCUT2D eigenvalue weighted by molar-refractivity contribution is 1.09. The fourth-order valence-electron chi connectivity index (χ4n) is 1.60. The van der Waals surface area contributed by atoms with Gasteiger partial charge in [0.15, 0.2) is 5.82 Å². The van der Waals surface area contributed by atoms with Crippen LogP contribution >= 0.6 is 0 Å². The fraction of sp³-hybridized carbons (Fsp3) is 0. The van der Waals surface area contributed by atoms with Gasteiger partial charge in [0.05, 0.1) is 11.4 Å². The van der Waals surface area contributed by atoms with E-state index in [0.717, 1.165) is 22.8 Å². The van der Waals surface area contributed by atoms with Gasteiger partial charge in [0, 0.05) is 30.4 Å². The minimum atomic E-state index is 0.824. The fourth-order valence-corrected chi connectivity index (χ4v) is 1.60. The molecule has 74 valence electrons. The molecule has 0 amide bonds. The van der Waals surface area contributed by atoms with Crippen molar-refractivity contribution < 1.29 is 0 Å². The maximum absolute atomic E-state index is 4.21. The summed E-state index contributed by atoms with van der Waals surface area (Å²) in [6.07, 6.45) is 7.14. The predicted molar refractivity (Wildman–Crippen MR) is 56.0 cm³/mol. The van der Waals surface area contributed by atoms with Gasteiger partial charge in [-0.05, 0) is 12.1 Å². The van der Waals surface area contributed by atoms with Gasteiger partial charge in [-0.25, -0.2) is 4.98 Å². The topological polar surface area (TPSA) is 73.2 Å². The molecule has 0 bridgehead atoms. The van der Waals surface area contributed by atoms with Crippen molar-refractivity contribution in [1.82, 2.24) is 25.1 Å². The summed E-state index contributed by atoms with van der Waals surface area (Å²) in [7, 11) is 0. The van der Waals surface area contributed by atoms with E-state index in [2.05, 4.69) is 25.1 Å². The van der Waals surface area contributed by atoms with Crippen LogP contribution in [0.2, 0.25) is 0 Å². The zero-order chi connectivity index (χ0) is 10.1. The lowest BCUT2D eigenvalue weighted by Gasteiger charge is -1.97. The van der Waals surface area contributed by atoms with Crippen LogP contribution in [0.5, 0.6) is 0 Å². The van der Waals surface area contributed by atoms with E-state index in [1.807, 2.05) is 18.3 Å². The van der Waals surface area contributed by atoms with E-state index >= 15 is 0 Å². The molecule has 0 unspecified atom stereocenters. The molecule has 0 saturated carbocycles. The highest BCUT2D eigenvalue weighted by Gasteiger charge is 2.10. The van der Waals surface area contributed by atoms with Crippen LogP contribution in [-0.2, 0) is 0 Å². The number of aromatic nitrogens is 5. The summed E-state index contributed by atoms with van der Waals surface area (Å²) in [4.78, 5) is 10.4. The first-order valence-corrected chi connectivity index (χ1v) is 4.62. The van der Waals surface area contributed by atoms with Crippen molar-refractivity contribution in [1.29, 1.82) is 0 Å². The summed E-state index contributed by atoms with van der Waals surface area (Å²) in [6.45, 7) is 0. The van der Waals surface area contributed by atoms with E-state index in [9.17, 15) is 0 Å². The Labute approximate surface area is 85.6 Å². The molecule has 3 heterocycles. The highest BCUT2D eigenvalue weighted by molar-refractivity contribution is 5.75. The normalized spacial score (nSPS) is 10.7. The van der Waals surface area contributed by atoms with Gasteiger partial charge in [0.1, 0.15) is 0 Å². The number of nitrogens with one attached hydrogen (secondary N) is 3. The van der Waals surface area contributed by atoms with E-state index in [4.69, 9.17) is 0 Å². The molecule has 0 aliphatic heterocycles. The molecule has 3 aromatic heterocycles. The van der Waals surface area contributed by atoms with Gasteiger partial charge >= 0.3 is 0 Å². The van der Waals surface area contributed by atoms with Gasteiger partial charge in [-0.2, -0.15) is 5.10 Å². The summed E-state index contributed by atoms with van der Waals surface area (Å²) in [5.74, 6) is 0.824. The summed E-state index contributed by atoms with van der Waals surface area (Å²) in [5.41, 5.74) is 2.99. The first-order valence-electron chi connectivity index (χ1n) is 4.62. The van der Waals surface area contributed by atoms with Crippen LogP contribution in [0.4, 0.5) is 0 Å². The Kier molecular flexibility index (Phi) is 1.68. The van der Waals surface area contributed by atoms with Crippen molar-refractivity contribution in [2.75, 3.05) is 0 Å². The molecule has 15 heavy (non-hydrogen) atoms. The molecule has 0 aliphatic carbocycles. The standard InChI is InChI=1S/C10H9N5/c1-3-11-9(10-12-5-6-13-10)7(1)8-2-4-14-15-8/h1-6,11H,(H,12,13)(H,14,15). The SMILES string of the molecule is c1cc(-c2cc[nH]c2-c2ncc[nH]2)[nH]n1. The first-order chi connectivity index (χ1) is 7.45. The smallest absolute Gasteiger partial charge is 0.154 e. The average molecular weight is 199 g/mol. The number of hydrogen-bond donors (Lipinski definition) is 3. The van der Waals surface area contributed by atoms with Crippen LogP contribution < -0.4 is 0 Å². The lowest BCUT2D eigenvalue weighted by Crippen LogP contribution is -1.84. The molecule has 0 radical (unpaired) electrons. The van der Waals surface area contributed by atoms with Crippen LogP contribution in [-0.4, -0.2) is 25.1 Å². The number of nitrogens with zero attached hydrogens (tertiary/aromatic N) is 2. The zero-order valence-corrected chi connectivity index (χ0v) is 7.86. The van der Waals surface area contributed by atoms with Gasteiger partial charge < -0.3 is 9.97 Å². The third kappa shape index (κ3) is 1.25. The van der Waals surface area contributed by atoms with E-state index in [1.54, 1.807) is 18.6 Å². The van der Waals surface area contributed by atoms with Crippen LogP contribution in [0.15, 0.2) is 36.9 Å². The highest BCUT2D eigenvalue weighted by atomic mass is 15.1. The highest BCUT2D eigenvalue weighted by Crippen LogP contribution is 2.26. The second-order valence-corrected chi connectivity index (χ2v) is 3.17. The third-order valence-corrected chi connectivity index (χ3v) is 2.27. The molecule has 3 N–H and O–H groups in total. The maximum Gasteiger partial charge on any atom is 0.154 e. The van der Waals surface area contributed by atoms with Gasteiger partial charge in [-0.3, -0.25) is 5.10 Å². The Hall–Kier alpha value is -2.30. The second kappa shape index (κ2) is 3.13. The molecular weight excluding hydrogens is 190 g/mol. The molecule has 0 fully saturated rings. The van der Waals surface area contributed by atoms with Crippen molar-refractivity contribution in [3.63, 3.8) is 0 Å². The number of hydrogen-bond acceptors (Lipinski definition) is 2. The molecular formula is C10H9N5. The Morgan fingerprint density at radius 2 is 2.00 bits per heavy atom. The number of aromatic amines is 3. The van der Waals surface area contributed by atoms with E-state index < -0.39 is 0 Å². The second-order valence-electron chi connectivity index (χ2n) is 3.17. The number of H-pyrrole nitrogens is 3. The molecule has 0 aliphatic rings. The first kappa shape index (κ1) is 8.05. The number of rotatable bonds is 2. The van der Waals surface area contributed by atoms with E-state index in [1.165, 1.54) is 0 Å². The van der Waals surface area contributed by atoms with Crippen molar-refractivity contribution in [3.8, 4) is 22.8 Å². The predicted octanol–water partition coefficient (Wildman–Crippen LogP) is 1.79. The van der Waals surface area contributed by atoms with Crippen LogP contribution in [0.1, 0.15) is 0 Å². The van der Waals surface area contributed by atoms with Crippen LogP contribution in [0.3, 0.4) is 0 Å². The molecule has 5 nitrogen and oxygen atoms in total. The maximum atomic E-state index is 4.21. The molecule has 3 aromatic rings. The van der Waals surface area contributed by atoms with Crippen molar-refractivity contribution in [2.24, 2.45) is 0 Å². The number of imidazole rings is 1. The molecule has 3 rings (SSSR count). The monoisotopic (exact) mass is 199 g/mol. The van der Waals surface area contributed by atoms with Gasteiger partial charge in [0.25, 0.3) is 0 Å². The van der Waals surface area contributed by atoms with Gasteiger partial charge in [-0.15, -0.1) is 0 Å². The molecule has 0 aromatic carbocycles. The Bertz CT molecular complexity index is 483. The van der Waals surface area contributed by atoms with Crippen molar-refractivity contribution in [2.45, 2.75) is 0 Å². The zero-order valence-electron chi connectivity index (χ0n) is 7.86. The Morgan fingerprint density at radius 3 is 2.73 bits per heavy atom. The molecule has 0 atom stereocenters.